The molecule has 23 heavy (non-hydrogen) atoms. The summed E-state index contributed by atoms with van der Waals surface area (Å²) in [6.07, 6.45) is 21.1. The van der Waals surface area contributed by atoms with Gasteiger partial charge in [-0.15, -0.1) is 0 Å². The van der Waals surface area contributed by atoms with E-state index in [0.29, 0.717) is 0 Å². The first-order valence-electron chi connectivity index (χ1n) is 9.99. The van der Waals surface area contributed by atoms with Crippen LogP contribution in [0.3, 0.4) is 0 Å². The zero-order valence-electron chi connectivity index (χ0n) is 15.6. The van der Waals surface area contributed by atoms with Crippen LogP contribution in [0, 0.1) is 0 Å². The Morgan fingerprint density at radius 3 is 2.13 bits per heavy atom. The SMILES string of the molecule is CCCCCCCCCCCCC/C=C/C1=NCCN1C(C)N. The number of amidine groups is 1. The van der Waals surface area contributed by atoms with E-state index in [9.17, 15) is 0 Å². The number of nitrogens with zero attached hydrogens (tertiary/aromatic N) is 2. The molecule has 1 heterocycles. The van der Waals surface area contributed by atoms with Gasteiger partial charge < -0.3 is 10.6 Å². The number of hydrogen-bond acceptors (Lipinski definition) is 3. The maximum atomic E-state index is 5.94. The minimum Gasteiger partial charge on any atom is -0.340 e. The molecule has 0 saturated heterocycles. The summed E-state index contributed by atoms with van der Waals surface area (Å²) in [5.74, 6) is 1.07. The Balaban J connectivity index is 1.89. The quantitative estimate of drug-likeness (QED) is 0.443. The fourth-order valence-electron chi connectivity index (χ4n) is 3.15. The molecule has 0 aliphatic carbocycles. The summed E-state index contributed by atoms with van der Waals surface area (Å²) < 4.78 is 0. The van der Waals surface area contributed by atoms with Crippen molar-refractivity contribution in [2.24, 2.45) is 10.7 Å². The van der Waals surface area contributed by atoms with Gasteiger partial charge in [-0.25, -0.2) is 0 Å². The fourth-order valence-corrected chi connectivity index (χ4v) is 3.15. The third-order valence-electron chi connectivity index (χ3n) is 4.64. The van der Waals surface area contributed by atoms with Gasteiger partial charge in [-0.2, -0.15) is 0 Å². The summed E-state index contributed by atoms with van der Waals surface area (Å²) in [4.78, 5) is 6.69. The van der Waals surface area contributed by atoms with E-state index in [0.717, 1.165) is 18.9 Å². The first-order chi connectivity index (χ1) is 11.3. The standard InChI is InChI=1S/C20H39N3/c1-3-4-5-6-7-8-9-10-11-12-13-14-15-16-20-22-17-18-23(20)19(2)21/h15-16,19H,3-14,17-18,21H2,1-2H3/b16-15+. The number of hydrogen-bond donors (Lipinski definition) is 1. The summed E-state index contributed by atoms with van der Waals surface area (Å²) >= 11 is 0. The summed E-state index contributed by atoms with van der Waals surface area (Å²) in [6, 6.07) is 0. The molecule has 0 amide bonds. The van der Waals surface area contributed by atoms with Crippen molar-refractivity contribution in [2.75, 3.05) is 13.1 Å². The second-order valence-electron chi connectivity index (χ2n) is 6.90. The highest BCUT2D eigenvalue weighted by Crippen LogP contribution is 2.12. The third-order valence-corrected chi connectivity index (χ3v) is 4.64. The first-order valence-corrected chi connectivity index (χ1v) is 9.99. The van der Waals surface area contributed by atoms with Crippen LogP contribution in [0.4, 0.5) is 0 Å². The first kappa shape index (κ1) is 20.2. The van der Waals surface area contributed by atoms with Crippen LogP contribution in [-0.2, 0) is 0 Å². The Morgan fingerprint density at radius 1 is 1.00 bits per heavy atom. The van der Waals surface area contributed by atoms with Gasteiger partial charge in [-0.05, 0) is 25.8 Å². The molecule has 1 atom stereocenters. The van der Waals surface area contributed by atoms with Crippen molar-refractivity contribution in [3.8, 4) is 0 Å². The van der Waals surface area contributed by atoms with E-state index in [1.54, 1.807) is 0 Å². The van der Waals surface area contributed by atoms with Gasteiger partial charge in [0, 0.05) is 6.54 Å². The van der Waals surface area contributed by atoms with Gasteiger partial charge in [0.1, 0.15) is 5.84 Å². The lowest BCUT2D eigenvalue weighted by molar-refractivity contribution is 0.367. The molecule has 0 saturated carbocycles. The second kappa shape index (κ2) is 13.6. The van der Waals surface area contributed by atoms with Crippen molar-refractivity contribution < 1.29 is 0 Å². The molecule has 134 valence electrons. The highest BCUT2D eigenvalue weighted by molar-refractivity contribution is 5.94. The molecule has 0 bridgehead atoms. The number of nitrogens with two attached hydrogens (primary N) is 1. The normalized spacial score (nSPS) is 16.3. The summed E-state index contributed by atoms with van der Waals surface area (Å²) in [5.41, 5.74) is 5.94. The van der Waals surface area contributed by atoms with Crippen molar-refractivity contribution in [1.82, 2.24) is 4.90 Å². The molecule has 3 nitrogen and oxygen atoms in total. The van der Waals surface area contributed by atoms with E-state index in [-0.39, 0.29) is 6.17 Å². The van der Waals surface area contributed by atoms with E-state index >= 15 is 0 Å². The highest BCUT2D eigenvalue weighted by atomic mass is 15.3. The predicted molar refractivity (Wildman–Crippen MR) is 103 cm³/mol. The second-order valence-corrected chi connectivity index (χ2v) is 6.90. The average Bonchev–Trinajstić information content (AvgIpc) is 3.00. The van der Waals surface area contributed by atoms with Crippen LogP contribution in [0.2, 0.25) is 0 Å². The van der Waals surface area contributed by atoms with Crippen molar-refractivity contribution >= 4 is 5.84 Å². The van der Waals surface area contributed by atoms with Gasteiger partial charge in [0.25, 0.3) is 0 Å². The van der Waals surface area contributed by atoms with E-state index in [4.69, 9.17) is 5.73 Å². The molecule has 0 radical (unpaired) electrons. The van der Waals surface area contributed by atoms with Gasteiger partial charge >= 0.3 is 0 Å². The maximum Gasteiger partial charge on any atom is 0.124 e. The lowest BCUT2D eigenvalue weighted by Gasteiger charge is -2.22. The Hall–Kier alpha value is -0.830. The minimum atomic E-state index is 0.0721. The lowest BCUT2D eigenvalue weighted by atomic mass is 10.1. The van der Waals surface area contributed by atoms with Gasteiger partial charge in [-0.1, -0.05) is 77.2 Å². The van der Waals surface area contributed by atoms with E-state index in [2.05, 4.69) is 29.0 Å². The van der Waals surface area contributed by atoms with E-state index < -0.39 is 0 Å². The molecular weight excluding hydrogens is 282 g/mol. The van der Waals surface area contributed by atoms with Gasteiger partial charge in [-0.3, -0.25) is 4.99 Å². The van der Waals surface area contributed by atoms with Crippen LogP contribution in [0.1, 0.15) is 90.9 Å². The Kier molecular flexibility index (Phi) is 11.9. The van der Waals surface area contributed by atoms with Crippen molar-refractivity contribution in [1.29, 1.82) is 0 Å². The smallest absolute Gasteiger partial charge is 0.124 e. The minimum absolute atomic E-state index is 0.0721. The molecule has 2 N–H and O–H groups in total. The highest BCUT2D eigenvalue weighted by Gasteiger charge is 2.16. The molecule has 0 aromatic heterocycles. The van der Waals surface area contributed by atoms with Gasteiger partial charge in [0.05, 0.1) is 12.7 Å². The van der Waals surface area contributed by atoms with Crippen molar-refractivity contribution in [2.45, 2.75) is 97.1 Å². The van der Waals surface area contributed by atoms with Crippen molar-refractivity contribution in [3.63, 3.8) is 0 Å². The molecule has 0 spiro atoms. The predicted octanol–water partition coefficient (Wildman–Crippen LogP) is 5.26. The summed E-state index contributed by atoms with van der Waals surface area (Å²) in [7, 11) is 0. The monoisotopic (exact) mass is 321 g/mol. The molecule has 0 fully saturated rings. The van der Waals surface area contributed by atoms with Gasteiger partial charge in [0.15, 0.2) is 0 Å². The summed E-state index contributed by atoms with van der Waals surface area (Å²) in [6.45, 7) is 6.17. The molecule has 3 heteroatoms. The molecule has 0 aromatic carbocycles. The molecule has 1 unspecified atom stereocenters. The average molecular weight is 322 g/mol. The van der Waals surface area contributed by atoms with Crippen LogP contribution in [0.5, 0.6) is 0 Å². The zero-order valence-corrected chi connectivity index (χ0v) is 15.6. The van der Waals surface area contributed by atoms with E-state index in [1.165, 1.54) is 77.0 Å². The lowest BCUT2D eigenvalue weighted by Crippen LogP contribution is -2.41. The van der Waals surface area contributed by atoms with Crippen LogP contribution >= 0.6 is 0 Å². The third kappa shape index (κ3) is 9.80. The molecule has 1 aliphatic heterocycles. The van der Waals surface area contributed by atoms with Crippen molar-refractivity contribution in [3.05, 3.63) is 12.2 Å². The fraction of sp³-hybridized carbons (Fsp3) is 0.850. The Labute approximate surface area is 144 Å². The van der Waals surface area contributed by atoms with Crippen LogP contribution in [-0.4, -0.2) is 30.0 Å². The number of aliphatic imine (C=N–C) groups is 1. The Bertz CT molecular complexity index is 334. The molecule has 1 rings (SSSR count). The van der Waals surface area contributed by atoms with Crippen LogP contribution < -0.4 is 5.73 Å². The number of rotatable bonds is 14. The maximum absolute atomic E-state index is 5.94. The largest absolute Gasteiger partial charge is 0.340 e. The molecular formula is C20H39N3. The van der Waals surface area contributed by atoms with Crippen LogP contribution in [0.15, 0.2) is 17.1 Å². The number of unbranched alkanes of at least 4 members (excludes halogenated alkanes) is 11. The Morgan fingerprint density at radius 2 is 1.57 bits per heavy atom. The van der Waals surface area contributed by atoms with Crippen LogP contribution in [0.25, 0.3) is 0 Å². The molecule has 1 aliphatic rings. The topological polar surface area (TPSA) is 41.6 Å². The molecule has 0 aromatic rings. The van der Waals surface area contributed by atoms with E-state index in [1.807, 2.05) is 6.92 Å². The summed E-state index contributed by atoms with van der Waals surface area (Å²) in [5, 5.41) is 0. The van der Waals surface area contributed by atoms with Gasteiger partial charge in [0.2, 0.25) is 0 Å². The number of allylic oxidation sites excluding steroid dienone is 1. The zero-order chi connectivity index (χ0) is 16.8.